The van der Waals surface area contributed by atoms with Gasteiger partial charge in [0.2, 0.25) is 23.6 Å². The number of thiazole rings is 1. The maximum absolute atomic E-state index is 14.4. The Labute approximate surface area is 767 Å². The number of anilines is 5. The Bertz CT molecular complexity index is 5600. The number of hydrogen-bond donors (Lipinski definition) is 7. The van der Waals surface area contributed by atoms with Crippen molar-refractivity contribution in [3.8, 4) is 11.5 Å². The molecular formula is C100H130Cl2N14O11S. The first-order chi connectivity index (χ1) is 61.2. The molecule has 686 valence electrons. The molecule has 1 fully saturated rings. The number of H-pyrrole nitrogens is 2. The quantitative estimate of drug-likeness (QED) is 0.0193. The number of benzene rings is 7. The number of halogens is 2. The largest absolute Gasteiger partial charge is 0.496 e. The van der Waals surface area contributed by atoms with E-state index >= 15 is 0 Å². The van der Waals surface area contributed by atoms with Gasteiger partial charge in [-0.1, -0.05) is 134 Å². The number of urea groups is 1. The van der Waals surface area contributed by atoms with Gasteiger partial charge in [0.1, 0.15) is 33.9 Å². The smallest absolute Gasteiger partial charge is 0.319 e. The highest BCUT2D eigenvalue weighted by Crippen LogP contribution is 2.49. The van der Waals surface area contributed by atoms with E-state index in [1.807, 2.05) is 158 Å². The van der Waals surface area contributed by atoms with Crippen LogP contribution in [0.5, 0.6) is 11.5 Å². The Kier molecular flexibility index (Phi) is 32.0. The van der Waals surface area contributed by atoms with Gasteiger partial charge in [-0.2, -0.15) is 0 Å². The van der Waals surface area contributed by atoms with Crippen LogP contribution in [-0.2, 0) is 41.5 Å². The lowest BCUT2D eigenvalue weighted by Gasteiger charge is -2.41. The molecule has 128 heavy (non-hydrogen) atoms. The first-order valence-corrected chi connectivity index (χ1v) is 46.9. The number of carbonyl (C=O) groups is 7. The summed E-state index contributed by atoms with van der Waals surface area (Å²) in [5.74, 6) is 0.809. The van der Waals surface area contributed by atoms with Crippen molar-refractivity contribution in [3.63, 3.8) is 0 Å². The second-order valence-electron chi connectivity index (χ2n) is 36.2. The van der Waals surface area contributed by atoms with Crippen LogP contribution in [0.3, 0.4) is 0 Å². The van der Waals surface area contributed by atoms with Gasteiger partial charge in [0.25, 0.3) is 11.8 Å². The van der Waals surface area contributed by atoms with E-state index in [2.05, 4.69) is 128 Å². The van der Waals surface area contributed by atoms with Crippen molar-refractivity contribution in [1.29, 1.82) is 0 Å². The number of nitrogens with zero attached hydrogens (tertiary/aromatic N) is 7. The van der Waals surface area contributed by atoms with E-state index in [9.17, 15) is 33.6 Å². The fourth-order valence-corrected chi connectivity index (χ4v) is 20.5. The maximum Gasteiger partial charge on any atom is 0.319 e. The number of hydrogen-bond acceptors (Lipinski definition) is 16. The van der Waals surface area contributed by atoms with Crippen molar-refractivity contribution in [2.24, 2.45) is 29.4 Å². The molecule has 0 bridgehead atoms. The van der Waals surface area contributed by atoms with Crippen molar-refractivity contribution in [3.05, 3.63) is 177 Å². The molecule has 3 aromatic heterocycles. The second kappa shape index (κ2) is 42.4. The number of nitrogens with two attached hydrogens (primary N) is 1. The highest BCUT2D eigenvalue weighted by atomic mass is 35.5. The SMILES string of the molecule is CC(C)Nc1cc2c(c3ccccc13)[C@H](CCl)CN2C(=O)c1cc2c3c(ccc2[nH]1)N(C(N)=O)CC3.CC[C@H](C)[C@@H]([C@@H](CC(=O)N1CCC[C@H]1[C@H](OC)[C@@H](C)C(=O)N[C@@H](Cc1ccccc1)c1nccs1)OC)N(C)C(=O)[C@@H](NC(=O)[C@H](C(C)C)N(C)C(C)C)C(C)C.COc1cc2cc(C(=O)N3C[C@@H](CCl)c4c3cc(NC(C)C)c3ccccc43)[nH]c2c(OC)c1C. The Hall–Kier alpha value is -10.5. The lowest BCUT2D eigenvalue weighted by atomic mass is 9.89. The average molecular weight is 1810 g/mol. The molecule has 8 amide bonds. The van der Waals surface area contributed by atoms with Gasteiger partial charge >= 0.3 is 6.03 Å². The molecule has 1 saturated heterocycles. The van der Waals surface area contributed by atoms with Crippen LogP contribution in [0.2, 0.25) is 0 Å². The highest BCUT2D eigenvalue weighted by molar-refractivity contribution is 7.09. The molecule has 10 aromatic rings. The third kappa shape index (κ3) is 20.4. The van der Waals surface area contributed by atoms with Crippen molar-refractivity contribution in [1.82, 2.24) is 40.3 Å². The number of likely N-dealkylation sites (N-methyl/N-ethyl adjacent to an activating group) is 2. The zero-order chi connectivity index (χ0) is 92.5. The molecule has 11 atom stereocenters. The molecule has 28 heteroatoms. The number of amides is 8. The highest BCUT2D eigenvalue weighted by Gasteiger charge is 2.45. The Morgan fingerprint density at radius 3 is 1.74 bits per heavy atom. The number of ether oxygens (including phenoxy) is 4. The number of fused-ring (bicyclic) bond motifs is 10. The van der Waals surface area contributed by atoms with Gasteiger partial charge in [-0.05, 0) is 174 Å². The van der Waals surface area contributed by atoms with Gasteiger partial charge in [-0.3, -0.25) is 38.6 Å². The normalized spacial score (nSPS) is 17.3. The van der Waals surface area contributed by atoms with Gasteiger partial charge in [0, 0.05) is 150 Å². The summed E-state index contributed by atoms with van der Waals surface area (Å²) in [4.78, 5) is 118. The Morgan fingerprint density at radius 1 is 0.648 bits per heavy atom. The van der Waals surface area contributed by atoms with Gasteiger partial charge in [-0.25, -0.2) is 9.78 Å². The number of likely N-dealkylation sites (tertiary alicyclic amines) is 1. The fourth-order valence-electron chi connectivity index (χ4n) is 19.4. The molecule has 4 aliphatic heterocycles. The predicted octanol–water partition coefficient (Wildman–Crippen LogP) is 18.0. The summed E-state index contributed by atoms with van der Waals surface area (Å²) in [7, 11) is 10.1. The summed E-state index contributed by atoms with van der Waals surface area (Å²) in [5, 5.41) is 22.5. The number of carbonyl (C=O) groups excluding carboxylic acids is 7. The molecule has 7 heterocycles. The summed E-state index contributed by atoms with van der Waals surface area (Å²) in [6.45, 7) is 30.5. The molecule has 0 spiro atoms. The molecule has 4 aliphatic rings. The zero-order valence-electron chi connectivity index (χ0n) is 77.8. The van der Waals surface area contributed by atoms with Gasteiger partial charge < -0.3 is 75.5 Å². The molecule has 8 N–H and O–H groups in total. The molecule has 25 nitrogen and oxygen atoms in total. The summed E-state index contributed by atoms with van der Waals surface area (Å²) in [6, 6.07) is 38.3. The minimum Gasteiger partial charge on any atom is -0.496 e. The Balaban J connectivity index is 0.000000181. The van der Waals surface area contributed by atoms with Gasteiger partial charge in [0.05, 0.1) is 79.8 Å². The molecule has 7 aromatic carbocycles. The third-order valence-corrected chi connectivity index (χ3v) is 27.7. The van der Waals surface area contributed by atoms with E-state index in [4.69, 9.17) is 47.9 Å². The number of aromatic nitrogens is 3. The molecule has 0 radical (unpaired) electrons. The minimum atomic E-state index is -0.759. The van der Waals surface area contributed by atoms with E-state index in [0.29, 0.717) is 74.3 Å². The number of nitrogens with one attached hydrogen (secondary N) is 6. The lowest BCUT2D eigenvalue weighted by molar-refractivity contribution is -0.148. The topological polar surface area (TPSA) is 294 Å². The fraction of sp³-hybridized carbons (Fsp3) is 0.480. The van der Waals surface area contributed by atoms with Crippen LogP contribution in [0.4, 0.5) is 33.2 Å². The number of primary amides is 1. The number of methoxy groups -OCH3 is 4. The van der Waals surface area contributed by atoms with Crippen LogP contribution in [0, 0.1) is 30.6 Å². The molecule has 0 unspecified atom stereocenters. The van der Waals surface area contributed by atoms with E-state index in [0.717, 1.165) is 123 Å². The maximum atomic E-state index is 14.4. The monoisotopic (exact) mass is 1800 g/mol. The van der Waals surface area contributed by atoms with Crippen molar-refractivity contribution < 1.29 is 52.5 Å². The first-order valence-electron chi connectivity index (χ1n) is 45.0. The average Bonchev–Trinajstić information content (AvgIpc) is 1.58. The number of rotatable bonds is 32. The zero-order valence-corrected chi connectivity index (χ0v) is 80.1. The molecule has 0 aliphatic carbocycles. The summed E-state index contributed by atoms with van der Waals surface area (Å²) < 4.78 is 23.3. The standard InChI is InChI=1S/C44H72N6O6S.C28H28ClN5O2.C28H30ClN3O3/c1-14-30(8)39(49(11)44(54)37(27(2)3)47-42(53)38(28(4)5)48(10)29(6)7)35(55-12)26-36(51)50-23-18-21-34(50)40(56-13)31(9)41(52)46-33(43-45-22-24-57-43)25-32-19-16-15-17-20-32;1-15(2)31-22-12-25-26(19-6-4-3-5-17(19)22)16(13-29)14-34(25)27(35)23-11-20-18-9-10-33(28(30)36)24(18)8-7-21(20)32-23;1-15(2)30-21-12-23-25(20-9-7-6-8-19(20)21)18(13-29)14-32(23)28(33)22-10-17-11-24(34-4)16(3)27(35-5)26(17)31-22/h15-17,19-20,22,24,27-31,33-35,37-40H,14,18,21,23,25-26H2,1-13H3,(H,46,52)(H,47,53);3-8,11-12,15-16,31-32H,9-10,13-14H2,1-2H3,(H2,30,36);6-12,15,18,30-31H,13-14H2,1-5H3/t30-,31+,33-,34-,35+,37-,38-,39-,40+;16-;18-/m011/s1. The predicted molar refractivity (Wildman–Crippen MR) is 518 cm³/mol. The molecule has 14 rings (SSSR count). The summed E-state index contributed by atoms with van der Waals surface area (Å²) in [5.41, 5.74) is 18.1. The van der Waals surface area contributed by atoms with E-state index in [1.165, 1.54) is 11.3 Å². The van der Waals surface area contributed by atoms with Crippen LogP contribution in [0.1, 0.15) is 187 Å². The second-order valence-corrected chi connectivity index (χ2v) is 37.7. The van der Waals surface area contributed by atoms with E-state index in [-0.39, 0.29) is 102 Å². The van der Waals surface area contributed by atoms with Crippen LogP contribution in [0.15, 0.2) is 133 Å². The summed E-state index contributed by atoms with van der Waals surface area (Å²) in [6.07, 6.45) is 4.18. The van der Waals surface area contributed by atoms with Crippen LogP contribution in [0.25, 0.3) is 43.4 Å². The Morgan fingerprint density at radius 2 is 1.23 bits per heavy atom. The lowest BCUT2D eigenvalue weighted by Crippen LogP contribution is -2.60. The first kappa shape index (κ1) is 96.6. The van der Waals surface area contributed by atoms with Crippen LogP contribution >= 0.6 is 34.5 Å². The minimum absolute atomic E-state index is 0.0119. The number of alkyl halides is 2. The van der Waals surface area contributed by atoms with E-state index < -0.39 is 42.3 Å². The van der Waals surface area contributed by atoms with Crippen molar-refractivity contribution in [2.45, 2.75) is 208 Å². The van der Waals surface area contributed by atoms with Crippen LogP contribution < -0.4 is 51.2 Å². The number of aromatic amines is 2. The molecular weight excluding hydrogens is 1680 g/mol. The summed E-state index contributed by atoms with van der Waals surface area (Å²) >= 11 is 14.4. The van der Waals surface area contributed by atoms with E-state index in [1.54, 1.807) is 51.5 Å². The molecule has 0 saturated carbocycles. The third-order valence-electron chi connectivity index (χ3n) is 26.1. The van der Waals surface area contributed by atoms with Gasteiger partial charge in [0.15, 0.2) is 0 Å². The van der Waals surface area contributed by atoms with Crippen molar-refractivity contribution in [2.75, 3.05) is 106 Å². The van der Waals surface area contributed by atoms with Crippen LogP contribution in [-0.4, -0.2) is 206 Å². The van der Waals surface area contributed by atoms with Gasteiger partial charge in [-0.15, -0.1) is 34.5 Å². The van der Waals surface area contributed by atoms with Crippen molar-refractivity contribution >= 4 is 148 Å².